The number of morpholine rings is 1. The van der Waals surface area contributed by atoms with E-state index in [4.69, 9.17) is 4.74 Å². The average molecular weight is 276 g/mol. The largest absolute Gasteiger partial charge is 0.371 e. The summed E-state index contributed by atoms with van der Waals surface area (Å²) in [7, 11) is 0.239. The molecule has 18 heavy (non-hydrogen) atoms. The van der Waals surface area contributed by atoms with Gasteiger partial charge in [-0.2, -0.15) is 4.31 Å². The lowest BCUT2D eigenvalue weighted by atomic mass is 9.99. The standard InChI is InChI=1S/C11H20N2O4S/c1-4-18(15,16)13-6-8-5-9(10(7-13)17-8)11(14)12(2)3/h8-10H,4-7H2,1-3H3/t8-,9+,10-/m1/s1. The minimum Gasteiger partial charge on any atom is -0.371 e. The molecular formula is C11H20N2O4S. The monoisotopic (exact) mass is 276 g/mol. The summed E-state index contributed by atoms with van der Waals surface area (Å²) in [4.78, 5) is 13.5. The van der Waals surface area contributed by atoms with Crippen LogP contribution in [0.2, 0.25) is 0 Å². The number of hydrogen-bond donors (Lipinski definition) is 0. The van der Waals surface area contributed by atoms with Gasteiger partial charge in [0.1, 0.15) is 0 Å². The van der Waals surface area contributed by atoms with Gasteiger partial charge in [-0.05, 0) is 13.3 Å². The average Bonchev–Trinajstić information content (AvgIpc) is 2.62. The van der Waals surface area contributed by atoms with Crippen LogP contribution in [-0.2, 0) is 19.6 Å². The zero-order valence-corrected chi connectivity index (χ0v) is 11.8. The SMILES string of the molecule is CCS(=O)(=O)N1C[C@H]2C[C@H](C(=O)N(C)C)[C@@H](C1)O2. The Kier molecular flexibility index (Phi) is 3.66. The van der Waals surface area contributed by atoms with Crippen molar-refractivity contribution in [2.24, 2.45) is 5.92 Å². The second-order valence-electron chi connectivity index (χ2n) is 5.09. The topological polar surface area (TPSA) is 66.9 Å². The first kappa shape index (κ1) is 13.8. The third-order valence-corrected chi connectivity index (χ3v) is 5.45. The van der Waals surface area contributed by atoms with Crippen molar-refractivity contribution in [2.75, 3.05) is 32.9 Å². The van der Waals surface area contributed by atoms with Gasteiger partial charge in [0.05, 0.1) is 23.9 Å². The predicted octanol–water partition coefficient (Wildman–Crippen LogP) is -0.486. The molecule has 2 fully saturated rings. The zero-order chi connectivity index (χ0) is 13.5. The number of carbonyl (C=O) groups excluding carboxylic acids is 1. The molecule has 2 rings (SSSR count). The second-order valence-corrected chi connectivity index (χ2v) is 7.35. The highest BCUT2D eigenvalue weighted by Crippen LogP contribution is 2.33. The molecule has 6 nitrogen and oxygen atoms in total. The van der Waals surface area contributed by atoms with Crippen LogP contribution in [0.4, 0.5) is 0 Å². The van der Waals surface area contributed by atoms with Crippen LogP contribution in [0.15, 0.2) is 0 Å². The molecule has 2 aliphatic rings. The molecule has 0 saturated carbocycles. The maximum Gasteiger partial charge on any atom is 0.227 e. The zero-order valence-electron chi connectivity index (χ0n) is 11.0. The van der Waals surface area contributed by atoms with Crippen LogP contribution in [-0.4, -0.2) is 68.7 Å². The Labute approximate surface area is 108 Å². The van der Waals surface area contributed by atoms with Crippen LogP contribution in [0.5, 0.6) is 0 Å². The molecule has 1 amide bonds. The lowest BCUT2D eigenvalue weighted by Gasteiger charge is -2.31. The molecular weight excluding hydrogens is 256 g/mol. The summed E-state index contributed by atoms with van der Waals surface area (Å²) in [5, 5.41) is 0. The van der Waals surface area contributed by atoms with E-state index in [-0.39, 0.29) is 29.8 Å². The summed E-state index contributed by atoms with van der Waals surface area (Å²) in [5.41, 5.74) is 0. The third-order valence-electron chi connectivity index (χ3n) is 3.64. The molecule has 0 aliphatic carbocycles. The third kappa shape index (κ3) is 2.39. The summed E-state index contributed by atoms with van der Waals surface area (Å²) in [5.74, 6) is -0.0843. The Morgan fingerprint density at radius 1 is 1.39 bits per heavy atom. The lowest BCUT2D eigenvalue weighted by molar-refractivity contribution is -0.135. The molecule has 0 N–H and O–H groups in total. The van der Waals surface area contributed by atoms with E-state index in [1.54, 1.807) is 25.9 Å². The number of hydrogen-bond acceptors (Lipinski definition) is 4. The van der Waals surface area contributed by atoms with E-state index in [0.717, 1.165) is 0 Å². The van der Waals surface area contributed by atoms with E-state index in [1.807, 2.05) is 0 Å². The Morgan fingerprint density at radius 3 is 2.61 bits per heavy atom. The van der Waals surface area contributed by atoms with Crippen molar-refractivity contribution in [1.29, 1.82) is 0 Å². The van der Waals surface area contributed by atoms with Crippen molar-refractivity contribution in [1.82, 2.24) is 9.21 Å². The molecule has 0 unspecified atom stereocenters. The molecule has 0 aromatic heterocycles. The van der Waals surface area contributed by atoms with E-state index in [9.17, 15) is 13.2 Å². The number of carbonyl (C=O) groups is 1. The molecule has 0 aromatic carbocycles. The first-order valence-electron chi connectivity index (χ1n) is 6.19. The fourth-order valence-corrected chi connectivity index (χ4v) is 3.76. The summed E-state index contributed by atoms with van der Waals surface area (Å²) >= 11 is 0. The van der Waals surface area contributed by atoms with Gasteiger partial charge >= 0.3 is 0 Å². The minimum atomic E-state index is -3.19. The molecule has 2 saturated heterocycles. The normalized spacial score (nSPS) is 32.5. The second kappa shape index (κ2) is 4.79. The lowest BCUT2D eigenvalue weighted by Crippen LogP contribution is -2.48. The molecule has 0 aromatic rings. The summed E-state index contributed by atoms with van der Waals surface area (Å²) in [6.07, 6.45) is 0.191. The van der Waals surface area contributed by atoms with E-state index in [0.29, 0.717) is 19.5 Å². The highest BCUT2D eigenvalue weighted by molar-refractivity contribution is 7.89. The van der Waals surface area contributed by atoms with E-state index < -0.39 is 10.0 Å². The first-order chi connectivity index (χ1) is 8.35. The molecule has 0 radical (unpaired) electrons. The number of rotatable bonds is 3. The number of nitrogens with zero attached hydrogens (tertiary/aromatic N) is 2. The molecule has 2 aliphatic heterocycles. The molecule has 7 heteroatoms. The van der Waals surface area contributed by atoms with Crippen LogP contribution in [0.25, 0.3) is 0 Å². The summed E-state index contributed by atoms with van der Waals surface area (Å²) in [6, 6.07) is 0. The predicted molar refractivity (Wildman–Crippen MR) is 66.5 cm³/mol. The van der Waals surface area contributed by atoms with Crippen molar-refractivity contribution in [3.8, 4) is 0 Å². The van der Waals surface area contributed by atoms with Gasteiger partial charge in [-0.3, -0.25) is 4.79 Å². The van der Waals surface area contributed by atoms with Crippen LogP contribution < -0.4 is 0 Å². The van der Waals surface area contributed by atoms with Crippen molar-refractivity contribution in [2.45, 2.75) is 25.6 Å². The van der Waals surface area contributed by atoms with Gasteiger partial charge in [0.2, 0.25) is 15.9 Å². The maximum atomic E-state index is 12.0. The first-order valence-corrected chi connectivity index (χ1v) is 7.80. The number of sulfonamides is 1. The van der Waals surface area contributed by atoms with Gasteiger partial charge < -0.3 is 9.64 Å². The Morgan fingerprint density at radius 2 is 2.06 bits per heavy atom. The molecule has 2 bridgehead atoms. The molecule has 0 spiro atoms. The number of ether oxygens (including phenoxy) is 1. The van der Waals surface area contributed by atoms with Crippen LogP contribution in [0.1, 0.15) is 13.3 Å². The van der Waals surface area contributed by atoms with Crippen LogP contribution >= 0.6 is 0 Å². The molecule has 104 valence electrons. The Hall–Kier alpha value is -0.660. The van der Waals surface area contributed by atoms with Gasteiger partial charge in [-0.25, -0.2) is 8.42 Å². The van der Waals surface area contributed by atoms with Crippen molar-refractivity contribution in [3.63, 3.8) is 0 Å². The van der Waals surface area contributed by atoms with Crippen molar-refractivity contribution < 1.29 is 17.9 Å². The van der Waals surface area contributed by atoms with Gasteiger partial charge in [-0.15, -0.1) is 0 Å². The summed E-state index contributed by atoms with van der Waals surface area (Å²) in [6.45, 7) is 2.32. The smallest absolute Gasteiger partial charge is 0.227 e. The minimum absolute atomic E-state index is 0.0262. The van der Waals surface area contributed by atoms with Crippen molar-refractivity contribution >= 4 is 15.9 Å². The van der Waals surface area contributed by atoms with Gasteiger partial charge in [0.25, 0.3) is 0 Å². The summed E-state index contributed by atoms with van der Waals surface area (Å²) < 4.78 is 30.9. The van der Waals surface area contributed by atoms with Gasteiger partial charge in [0.15, 0.2) is 0 Å². The van der Waals surface area contributed by atoms with E-state index >= 15 is 0 Å². The fraction of sp³-hybridized carbons (Fsp3) is 0.909. The molecule has 2 heterocycles. The van der Waals surface area contributed by atoms with Crippen molar-refractivity contribution in [3.05, 3.63) is 0 Å². The van der Waals surface area contributed by atoms with E-state index in [1.165, 1.54) is 4.31 Å². The fourth-order valence-electron chi connectivity index (χ4n) is 2.62. The van der Waals surface area contributed by atoms with E-state index in [2.05, 4.69) is 0 Å². The number of amides is 1. The van der Waals surface area contributed by atoms with Gasteiger partial charge in [0, 0.05) is 27.2 Å². The van der Waals surface area contributed by atoms with Gasteiger partial charge in [-0.1, -0.05) is 0 Å². The Bertz CT molecular complexity index is 434. The highest BCUT2D eigenvalue weighted by atomic mass is 32.2. The van der Waals surface area contributed by atoms with Crippen LogP contribution in [0.3, 0.4) is 0 Å². The maximum absolute atomic E-state index is 12.0. The van der Waals surface area contributed by atoms with Crippen LogP contribution in [0, 0.1) is 5.92 Å². The quantitative estimate of drug-likeness (QED) is 0.698. The Balaban J connectivity index is 2.12. The number of fused-ring (bicyclic) bond motifs is 2. The molecule has 3 atom stereocenters. The highest BCUT2D eigenvalue weighted by Gasteiger charge is 2.47.